The Morgan fingerprint density at radius 2 is 2.11 bits per heavy atom. The van der Waals surface area contributed by atoms with Crippen molar-refractivity contribution in [3.63, 3.8) is 0 Å². The second kappa shape index (κ2) is 7.79. The molecule has 0 fully saturated rings. The first-order valence-corrected chi connectivity index (χ1v) is 6.68. The number of para-hydroxylation sites is 1. The Kier molecular flexibility index (Phi) is 6.36. The van der Waals surface area contributed by atoms with E-state index in [9.17, 15) is 4.79 Å². The number of aryl methyl sites for hydroxylation is 1. The van der Waals surface area contributed by atoms with E-state index in [-0.39, 0.29) is 12.0 Å². The number of methoxy groups -OCH3 is 1. The van der Waals surface area contributed by atoms with Gasteiger partial charge in [0.2, 0.25) is 0 Å². The lowest BCUT2D eigenvalue weighted by Gasteiger charge is -2.26. The summed E-state index contributed by atoms with van der Waals surface area (Å²) >= 11 is 0. The standard InChI is InChI=1S/C15H24N2O2/c1-5-10-16-13(15(18)19-4)11-17(3)14-9-7-6-8-12(14)2/h6-9,13,16H,5,10-11H2,1-4H3. The van der Waals surface area contributed by atoms with Gasteiger partial charge in [0.25, 0.3) is 0 Å². The molecule has 0 heterocycles. The van der Waals surface area contributed by atoms with E-state index >= 15 is 0 Å². The molecule has 1 N–H and O–H groups in total. The Morgan fingerprint density at radius 3 is 2.68 bits per heavy atom. The number of carbonyl (C=O) groups is 1. The van der Waals surface area contributed by atoms with E-state index in [4.69, 9.17) is 4.74 Å². The smallest absolute Gasteiger partial charge is 0.324 e. The Hall–Kier alpha value is -1.55. The van der Waals surface area contributed by atoms with Crippen molar-refractivity contribution in [1.29, 1.82) is 0 Å². The third kappa shape index (κ3) is 4.56. The first-order chi connectivity index (χ1) is 9.10. The van der Waals surface area contributed by atoms with Gasteiger partial charge in [-0.2, -0.15) is 0 Å². The average Bonchev–Trinajstić information content (AvgIpc) is 2.42. The minimum absolute atomic E-state index is 0.214. The summed E-state index contributed by atoms with van der Waals surface area (Å²) in [5.41, 5.74) is 2.33. The van der Waals surface area contributed by atoms with Gasteiger partial charge in [0.1, 0.15) is 6.04 Å². The molecule has 4 nitrogen and oxygen atoms in total. The number of esters is 1. The lowest BCUT2D eigenvalue weighted by atomic mass is 10.1. The number of carbonyl (C=O) groups excluding carboxylic acids is 1. The molecular weight excluding hydrogens is 240 g/mol. The number of benzene rings is 1. The molecule has 0 aliphatic carbocycles. The van der Waals surface area contributed by atoms with Crippen LogP contribution in [0.5, 0.6) is 0 Å². The fourth-order valence-electron chi connectivity index (χ4n) is 2.05. The molecule has 0 saturated heterocycles. The number of hydrogen-bond donors (Lipinski definition) is 1. The van der Waals surface area contributed by atoms with Gasteiger partial charge < -0.3 is 15.0 Å². The van der Waals surface area contributed by atoms with Crippen LogP contribution in [0, 0.1) is 6.92 Å². The third-order valence-electron chi connectivity index (χ3n) is 3.11. The molecule has 0 aliphatic rings. The molecule has 0 saturated carbocycles. The van der Waals surface area contributed by atoms with Crippen molar-refractivity contribution >= 4 is 11.7 Å². The second-order valence-corrected chi connectivity index (χ2v) is 4.70. The van der Waals surface area contributed by atoms with Gasteiger partial charge in [0, 0.05) is 19.3 Å². The monoisotopic (exact) mass is 264 g/mol. The van der Waals surface area contributed by atoms with Crippen LogP contribution in [-0.2, 0) is 9.53 Å². The van der Waals surface area contributed by atoms with Gasteiger partial charge in [-0.25, -0.2) is 0 Å². The molecule has 0 radical (unpaired) electrons. The highest BCUT2D eigenvalue weighted by molar-refractivity contribution is 5.76. The number of likely N-dealkylation sites (N-methyl/N-ethyl adjacent to an activating group) is 1. The quantitative estimate of drug-likeness (QED) is 0.765. The summed E-state index contributed by atoms with van der Waals surface area (Å²) in [7, 11) is 3.42. The van der Waals surface area contributed by atoms with E-state index in [0.29, 0.717) is 6.54 Å². The van der Waals surface area contributed by atoms with Gasteiger partial charge in [-0.15, -0.1) is 0 Å². The lowest BCUT2D eigenvalue weighted by Crippen LogP contribution is -2.46. The Bertz CT molecular complexity index is 407. The topological polar surface area (TPSA) is 41.6 Å². The second-order valence-electron chi connectivity index (χ2n) is 4.70. The van der Waals surface area contributed by atoms with E-state index in [0.717, 1.165) is 18.7 Å². The zero-order valence-electron chi connectivity index (χ0n) is 12.3. The number of rotatable bonds is 7. The van der Waals surface area contributed by atoms with E-state index in [1.807, 2.05) is 19.2 Å². The molecule has 1 aromatic carbocycles. The number of ether oxygens (including phenoxy) is 1. The summed E-state index contributed by atoms with van der Waals surface area (Å²) in [5.74, 6) is -0.214. The van der Waals surface area contributed by atoms with Gasteiger partial charge in [-0.05, 0) is 31.5 Å². The largest absolute Gasteiger partial charge is 0.468 e. The predicted octanol–water partition coefficient (Wildman–Crippen LogP) is 1.97. The number of anilines is 1. The predicted molar refractivity (Wildman–Crippen MR) is 78.5 cm³/mol. The van der Waals surface area contributed by atoms with E-state index in [1.54, 1.807) is 0 Å². The molecule has 0 aromatic heterocycles. The van der Waals surface area contributed by atoms with Crippen molar-refractivity contribution in [3.05, 3.63) is 29.8 Å². The SMILES string of the molecule is CCCNC(CN(C)c1ccccc1C)C(=O)OC. The van der Waals surface area contributed by atoms with Crippen molar-refractivity contribution in [2.45, 2.75) is 26.3 Å². The first kappa shape index (κ1) is 15.5. The van der Waals surface area contributed by atoms with Crippen LogP contribution in [0.15, 0.2) is 24.3 Å². The summed E-state index contributed by atoms with van der Waals surface area (Å²) in [6.07, 6.45) is 0.988. The summed E-state index contributed by atoms with van der Waals surface area (Å²) in [6, 6.07) is 7.85. The van der Waals surface area contributed by atoms with Crippen molar-refractivity contribution in [2.24, 2.45) is 0 Å². The normalized spacial score (nSPS) is 12.0. The molecule has 1 rings (SSSR count). The number of nitrogens with zero attached hydrogens (tertiary/aromatic N) is 1. The van der Waals surface area contributed by atoms with Crippen LogP contribution >= 0.6 is 0 Å². The number of hydrogen-bond acceptors (Lipinski definition) is 4. The molecule has 0 aliphatic heterocycles. The van der Waals surface area contributed by atoms with Crippen LogP contribution in [-0.4, -0.2) is 39.3 Å². The highest BCUT2D eigenvalue weighted by atomic mass is 16.5. The minimum atomic E-state index is -0.297. The van der Waals surface area contributed by atoms with Gasteiger partial charge in [-0.3, -0.25) is 4.79 Å². The summed E-state index contributed by atoms with van der Waals surface area (Å²) in [6.45, 7) is 5.55. The first-order valence-electron chi connectivity index (χ1n) is 6.68. The summed E-state index contributed by atoms with van der Waals surface area (Å²) < 4.78 is 4.85. The maximum Gasteiger partial charge on any atom is 0.324 e. The highest BCUT2D eigenvalue weighted by Gasteiger charge is 2.20. The van der Waals surface area contributed by atoms with Crippen LogP contribution in [0.2, 0.25) is 0 Å². The van der Waals surface area contributed by atoms with Gasteiger partial charge in [0.05, 0.1) is 7.11 Å². The van der Waals surface area contributed by atoms with E-state index in [2.05, 4.69) is 36.2 Å². The van der Waals surface area contributed by atoms with Gasteiger partial charge in [-0.1, -0.05) is 25.1 Å². The number of nitrogens with one attached hydrogen (secondary N) is 1. The summed E-state index contributed by atoms with van der Waals surface area (Å²) in [5, 5.41) is 3.22. The molecule has 0 bridgehead atoms. The van der Waals surface area contributed by atoms with Crippen molar-refractivity contribution in [1.82, 2.24) is 5.32 Å². The lowest BCUT2D eigenvalue weighted by molar-refractivity contribution is -0.142. The molecule has 0 spiro atoms. The maximum absolute atomic E-state index is 11.8. The Morgan fingerprint density at radius 1 is 1.42 bits per heavy atom. The molecular formula is C15H24N2O2. The van der Waals surface area contributed by atoms with Crippen LogP contribution < -0.4 is 10.2 Å². The summed E-state index contributed by atoms with van der Waals surface area (Å²) in [4.78, 5) is 13.8. The van der Waals surface area contributed by atoms with E-state index < -0.39 is 0 Å². The Balaban J connectivity index is 2.72. The van der Waals surface area contributed by atoms with Crippen LogP contribution in [0.1, 0.15) is 18.9 Å². The molecule has 1 aromatic rings. The highest BCUT2D eigenvalue weighted by Crippen LogP contribution is 2.17. The fourth-order valence-corrected chi connectivity index (χ4v) is 2.05. The van der Waals surface area contributed by atoms with Crippen LogP contribution in [0.4, 0.5) is 5.69 Å². The van der Waals surface area contributed by atoms with Crippen LogP contribution in [0.25, 0.3) is 0 Å². The molecule has 106 valence electrons. The average molecular weight is 264 g/mol. The zero-order chi connectivity index (χ0) is 14.3. The van der Waals surface area contributed by atoms with Gasteiger partial charge >= 0.3 is 5.97 Å². The van der Waals surface area contributed by atoms with Gasteiger partial charge in [0.15, 0.2) is 0 Å². The minimum Gasteiger partial charge on any atom is -0.468 e. The third-order valence-corrected chi connectivity index (χ3v) is 3.11. The van der Waals surface area contributed by atoms with Crippen LogP contribution in [0.3, 0.4) is 0 Å². The van der Waals surface area contributed by atoms with Crippen molar-refractivity contribution < 1.29 is 9.53 Å². The maximum atomic E-state index is 11.8. The Labute approximate surface area is 115 Å². The molecule has 0 amide bonds. The molecule has 19 heavy (non-hydrogen) atoms. The fraction of sp³-hybridized carbons (Fsp3) is 0.533. The van der Waals surface area contributed by atoms with Crippen molar-refractivity contribution in [2.75, 3.05) is 32.1 Å². The molecule has 1 atom stereocenters. The molecule has 4 heteroatoms. The zero-order valence-corrected chi connectivity index (χ0v) is 12.3. The molecule has 1 unspecified atom stereocenters. The van der Waals surface area contributed by atoms with E-state index in [1.165, 1.54) is 12.7 Å². The van der Waals surface area contributed by atoms with Crippen molar-refractivity contribution in [3.8, 4) is 0 Å².